The Labute approximate surface area is 176 Å². The van der Waals surface area contributed by atoms with Crippen LogP contribution < -0.4 is 20.5 Å². The van der Waals surface area contributed by atoms with Gasteiger partial charge in [-0.15, -0.1) is 0 Å². The molecule has 30 heavy (non-hydrogen) atoms. The van der Waals surface area contributed by atoms with Crippen LogP contribution in [-0.2, 0) is 4.79 Å². The lowest BCUT2D eigenvalue weighted by Crippen LogP contribution is -2.20. The third-order valence-electron chi connectivity index (χ3n) is 4.09. The third-order valence-corrected chi connectivity index (χ3v) is 4.44. The number of amides is 2. The fourth-order valence-corrected chi connectivity index (χ4v) is 3.08. The Morgan fingerprint density at radius 1 is 1.20 bits per heavy atom. The Kier molecular flexibility index (Phi) is 6.22. The van der Waals surface area contributed by atoms with Crippen molar-refractivity contribution in [1.29, 1.82) is 0 Å². The molecule has 0 atom stereocenters. The van der Waals surface area contributed by atoms with Crippen molar-refractivity contribution >= 4 is 29.1 Å². The van der Waals surface area contributed by atoms with E-state index in [9.17, 15) is 14.0 Å². The molecule has 3 N–H and O–H groups in total. The molecule has 156 valence electrons. The second kappa shape index (κ2) is 8.83. The molecule has 0 saturated heterocycles. The summed E-state index contributed by atoms with van der Waals surface area (Å²) in [6.07, 6.45) is 0. The van der Waals surface area contributed by atoms with E-state index in [0.717, 1.165) is 0 Å². The van der Waals surface area contributed by atoms with Crippen LogP contribution in [0.1, 0.15) is 16.1 Å². The lowest BCUT2D eigenvalue weighted by Gasteiger charge is -2.12. The van der Waals surface area contributed by atoms with Crippen LogP contribution in [0.25, 0.3) is 5.69 Å². The number of nitrogens with one attached hydrogen (secondary N) is 1. The number of nitrogens with two attached hydrogens (primary N) is 1. The molecule has 0 unspecified atom stereocenters. The van der Waals surface area contributed by atoms with E-state index in [-0.39, 0.29) is 23.1 Å². The van der Waals surface area contributed by atoms with Gasteiger partial charge in [-0.25, -0.2) is 9.07 Å². The first-order chi connectivity index (χ1) is 14.3. The van der Waals surface area contributed by atoms with Crippen molar-refractivity contribution < 1.29 is 23.5 Å². The molecule has 0 aliphatic carbocycles. The molecule has 0 aliphatic rings. The van der Waals surface area contributed by atoms with Crippen LogP contribution >= 0.6 is 11.6 Å². The largest absolute Gasteiger partial charge is 0.493 e. The number of aryl methyl sites for hydroxylation is 1. The number of methoxy groups -OCH3 is 1. The van der Waals surface area contributed by atoms with E-state index < -0.39 is 17.6 Å². The smallest absolute Gasteiger partial charge is 0.260 e. The van der Waals surface area contributed by atoms with Gasteiger partial charge in [-0.05, 0) is 43.3 Å². The van der Waals surface area contributed by atoms with Gasteiger partial charge in [-0.2, -0.15) is 5.10 Å². The van der Waals surface area contributed by atoms with Gasteiger partial charge in [0.25, 0.3) is 11.8 Å². The maximum absolute atomic E-state index is 13.2. The Hall–Kier alpha value is -3.59. The van der Waals surface area contributed by atoms with E-state index in [1.54, 1.807) is 19.1 Å². The molecule has 2 amide bonds. The second-order valence-corrected chi connectivity index (χ2v) is 6.57. The Morgan fingerprint density at radius 2 is 1.90 bits per heavy atom. The highest BCUT2D eigenvalue weighted by molar-refractivity contribution is 6.34. The van der Waals surface area contributed by atoms with Crippen molar-refractivity contribution in [3.63, 3.8) is 0 Å². The molecule has 3 rings (SSSR count). The van der Waals surface area contributed by atoms with Gasteiger partial charge in [0, 0.05) is 11.8 Å². The first kappa shape index (κ1) is 21.1. The number of benzene rings is 2. The summed E-state index contributed by atoms with van der Waals surface area (Å²) in [5.41, 5.74) is 6.54. The summed E-state index contributed by atoms with van der Waals surface area (Å²) in [7, 11) is 1.44. The van der Waals surface area contributed by atoms with Crippen LogP contribution in [0.5, 0.6) is 11.5 Å². The summed E-state index contributed by atoms with van der Waals surface area (Å²) in [6, 6.07) is 10.2. The minimum Gasteiger partial charge on any atom is -0.493 e. The Bertz CT molecular complexity index is 1100. The van der Waals surface area contributed by atoms with Crippen LogP contribution in [0.4, 0.5) is 10.1 Å². The first-order valence-electron chi connectivity index (χ1n) is 8.71. The second-order valence-electron chi connectivity index (χ2n) is 6.21. The van der Waals surface area contributed by atoms with Gasteiger partial charge in [0.15, 0.2) is 18.1 Å². The van der Waals surface area contributed by atoms with Crippen LogP contribution in [0.15, 0.2) is 42.5 Å². The maximum Gasteiger partial charge on any atom is 0.260 e. The van der Waals surface area contributed by atoms with E-state index in [4.69, 9.17) is 26.8 Å². The standard InChI is InChI=1S/C20H18ClFN4O4/c1-11-18(19(21)26(25-11)14-6-3-12(22)4-7-14)20(28)24-13-5-8-15(29-2)16(9-13)30-10-17(23)27/h3-9H,10H2,1-2H3,(H2,23,27)(H,24,28). The van der Waals surface area contributed by atoms with Gasteiger partial charge in [-0.3, -0.25) is 9.59 Å². The van der Waals surface area contributed by atoms with E-state index in [2.05, 4.69) is 10.4 Å². The number of nitrogens with zero attached hydrogens (tertiary/aromatic N) is 2. The van der Waals surface area contributed by atoms with E-state index in [1.807, 2.05) is 0 Å². The number of hydrogen-bond acceptors (Lipinski definition) is 5. The number of ether oxygens (including phenoxy) is 2. The predicted molar refractivity (Wildman–Crippen MR) is 109 cm³/mol. The summed E-state index contributed by atoms with van der Waals surface area (Å²) in [5, 5.41) is 7.06. The van der Waals surface area contributed by atoms with Crippen LogP contribution in [0.2, 0.25) is 5.15 Å². The molecule has 0 fully saturated rings. The Balaban J connectivity index is 1.86. The highest BCUT2D eigenvalue weighted by atomic mass is 35.5. The Morgan fingerprint density at radius 3 is 2.53 bits per heavy atom. The molecule has 8 nitrogen and oxygen atoms in total. The quantitative estimate of drug-likeness (QED) is 0.596. The zero-order valence-electron chi connectivity index (χ0n) is 16.1. The minimum absolute atomic E-state index is 0.0790. The lowest BCUT2D eigenvalue weighted by molar-refractivity contribution is -0.119. The fourth-order valence-electron chi connectivity index (χ4n) is 2.72. The summed E-state index contributed by atoms with van der Waals surface area (Å²) in [6.45, 7) is 1.29. The first-order valence-corrected chi connectivity index (χ1v) is 9.09. The SMILES string of the molecule is COc1ccc(NC(=O)c2c(C)nn(-c3ccc(F)cc3)c2Cl)cc1OCC(N)=O. The molecule has 1 aromatic heterocycles. The van der Waals surface area contributed by atoms with Crippen molar-refractivity contribution in [3.05, 3.63) is 64.7 Å². The highest BCUT2D eigenvalue weighted by Gasteiger charge is 2.22. The van der Waals surface area contributed by atoms with Gasteiger partial charge in [0.05, 0.1) is 18.5 Å². The van der Waals surface area contributed by atoms with Crippen LogP contribution in [-0.4, -0.2) is 35.3 Å². The summed E-state index contributed by atoms with van der Waals surface area (Å²) >= 11 is 6.38. The van der Waals surface area contributed by atoms with Crippen LogP contribution in [0.3, 0.4) is 0 Å². The number of primary amides is 1. The lowest BCUT2D eigenvalue weighted by atomic mass is 10.2. The number of carbonyl (C=O) groups excluding carboxylic acids is 2. The van der Waals surface area contributed by atoms with E-state index in [1.165, 1.54) is 42.1 Å². The van der Waals surface area contributed by atoms with Gasteiger partial charge in [0.2, 0.25) is 0 Å². The average Bonchev–Trinajstić information content (AvgIpc) is 3.01. The van der Waals surface area contributed by atoms with Crippen molar-refractivity contribution in [3.8, 4) is 17.2 Å². The molecule has 2 aromatic carbocycles. The number of aromatic nitrogens is 2. The number of hydrogen-bond donors (Lipinski definition) is 2. The van der Waals surface area contributed by atoms with Crippen molar-refractivity contribution in [1.82, 2.24) is 9.78 Å². The predicted octanol–water partition coefficient (Wildman–Crippen LogP) is 3.10. The molecular weight excluding hydrogens is 415 g/mol. The number of halogens is 2. The van der Waals surface area contributed by atoms with Gasteiger partial charge in [-0.1, -0.05) is 11.6 Å². The van der Waals surface area contributed by atoms with Crippen molar-refractivity contribution in [2.75, 3.05) is 19.0 Å². The fraction of sp³-hybridized carbons (Fsp3) is 0.150. The number of anilines is 1. The maximum atomic E-state index is 13.2. The molecule has 0 saturated carbocycles. The molecular formula is C20H18ClFN4O4. The number of rotatable bonds is 7. The topological polar surface area (TPSA) is 108 Å². The molecule has 10 heteroatoms. The van der Waals surface area contributed by atoms with Crippen molar-refractivity contribution in [2.45, 2.75) is 6.92 Å². The van der Waals surface area contributed by atoms with Gasteiger partial charge < -0.3 is 20.5 Å². The van der Waals surface area contributed by atoms with E-state index in [0.29, 0.717) is 22.8 Å². The summed E-state index contributed by atoms with van der Waals surface area (Å²) < 4.78 is 25.0. The normalized spacial score (nSPS) is 10.5. The third kappa shape index (κ3) is 4.52. The molecule has 1 heterocycles. The van der Waals surface area contributed by atoms with E-state index >= 15 is 0 Å². The van der Waals surface area contributed by atoms with Crippen LogP contribution in [0, 0.1) is 12.7 Å². The average molecular weight is 433 g/mol. The zero-order valence-corrected chi connectivity index (χ0v) is 16.9. The zero-order chi connectivity index (χ0) is 21.8. The van der Waals surface area contributed by atoms with Gasteiger partial charge >= 0.3 is 0 Å². The monoisotopic (exact) mass is 432 g/mol. The highest BCUT2D eigenvalue weighted by Crippen LogP contribution is 2.31. The molecule has 0 radical (unpaired) electrons. The summed E-state index contributed by atoms with van der Waals surface area (Å²) in [4.78, 5) is 23.8. The molecule has 3 aromatic rings. The molecule has 0 bridgehead atoms. The van der Waals surface area contributed by atoms with Gasteiger partial charge in [0.1, 0.15) is 16.5 Å². The number of carbonyl (C=O) groups is 2. The summed E-state index contributed by atoms with van der Waals surface area (Å²) in [5.74, 6) is -0.948. The molecule has 0 spiro atoms. The van der Waals surface area contributed by atoms with Crippen molar-refractivity contribution in [2.24, 2.45) is 5.73 Å². The molecule has 0 aliphatic heterocycles. The minimum atomic E-state index is -0.651.